The molecule has 3 aromatic carbocycles. The molecule has 1 heteroatoms. The van der Waals surface area contributed by atoms with Crippen molar-refractivity contribution in [2.45, 2.75) is 26.8 Å². The largest absolute Gasteiger partial charge is 0.320 e. The number of hydrogen-bond acceptors (Lipinski definition) is 1. The van der Waals surface area contributed by atoms with Crippen LogP contribution >= 0.6 is 0 Å². The second-order valence-electron chi connectivity index (χ2n) is 5.85. The SMILES string of the molecule is Cc1ccc(C)c(C(N)c2ccc(C)c3ccccc23)c1. The Hall–Kier alpha value is -2.12. The van der Waals surface area contributed by atoms with Crippen LogP contribution in [0.3, 0.4) is 0 Å². The molecule has 1 atom stereocenters. The Bertz CT molecular complexity index is 802. The van der Waals surface area contributed by atoms with Gasteiger partial charge in [-0.3, -0.25) is 0 Å². The maximum Gasteiger partial charge on any atom is 0.0560 e. The quantitative estimate of drug-likeness (QED) is 0.713. The highest BCUT2D eigenvalue weighted by molar-refractivity contribution is 5.89. The summed E-state index contributed by atoms with van der Waals surface area (Å²) >= 11 is 0. The maximum absolute atomic E-state index is 6.60. The minimum absolute atomic E-state index is 0.0876. The molecule has 3 aromatic rings. The van der Waals surface area contributed by atoms with Gasteiger partial charge in [0.25, 0.3) is 0 Å². The summed E-state index contributed by atoms with van der Waals surface area (Å²) in [5, 5.41) is 2.54. The van der Waals surface area contributed by atoms with Gasteiger partial charge in [-0.05, 0) is 53.8 Å². The van der Waals surface area contributed by atoms with E-state index in [4.69, 9.17) is 5.73 Å². The summed E-state index contributed by atoms with van der Waals surface area (Å²) in [4.78, 5) is 0. The van der Waals surface area contributed by atoms with Gasteiger partial charge in [0.15, 0.2) is 0 Å². The van der Waals surface area contributed by atoms with Crippen molar-refractivity contribution in [3.8, 4) is 0 Å². The third-order valence-corrected chi connectivity index (χ3v) is 4.28. The summed E-state index contributed by atoms with van der Waals surface area (Å²) in [7, 11) is 0. The van der Waals surface area contributed by atoms with Crippen LogP contribution in [-0.4, -0.2) is 0 Å². The summed E-state index contributed by atoms with van der Waals surface area (Å²) in [6.45, 7) is 6.39. The van der Waals surface area contributed by atoms with E-state index in [9.17, 15) is 0 Å². The third kappa shape index (κ3) is 2.45. The van der Waals surface area contributed by atoms with Crippen molar-refractivity contribution >= 4 is 10.8 Å². The fraction of sp³-hybridized carbons (Fsp3) is 0.200. The van der Waals surface area contributed by atoms with E-state index >= 15 is 0 Å². The van der Waals surface area contributed by atoms with Crippen LogP contribution in [0.15, 0.2) is 54.6 Å². The zero-order valence-electron chi connectivity index (χ0n) is 12.9. The standard InChI is InChI=1S/C20H21N/c1-13-8-9-15(3)19(12-13)20(21)18-11-10-14(2)16-6-4-5-7-17(16)18/h4-12,20H,21H2,1-3H3. The second-order valence-corrected chi connectivity index (χ2v) is 5.85. The first-order valence-electron chi connectivity index (χ1n) is 7.39. The summed E-state index contributed by atoms with van der Waals surface area (Å²) in [5.41, 5.74) is 12.8. The molecule has 0 aliphatic heterocycles. The Labute approximate surface area is 126 Å². The van der Waals surface area contributed by atoms with Crippen LogP contribution in [0.25, 0.3) is 10.8 Å². The van der Waals surface area contributed by atoms with Crippen LogP contribution in [0.5, 0.6) is 0 Å². The molecule has 0 spiro atoms. The lowest BCUT2D eigenvalue weighted by Gasteiger charge is -2.19. The molecule has 106 valence electrons. The highest BCUT2D eigenvalue weighted by Crippen LogP contribution is 2.30. The van der Waals surface area contributed by atoms with E-state index in [0.29, 0.717) is 0 Å². The predicted molar refractivity (Wildman–Crippen MR) is 90.6 cm³/mol. The van der Waals surface area contributed by atoms with Crippen LogP contribution in [0, 0.1) is 20.8 Å². The number of benzene rings is 3. The highest BCUT2D eigenvalue weighted by Gasteiger charge is 2.15. The molecule has 21 heavy (non-hydrogen) atoms. The maximum atomic E-state index is 6.60. The van der Waals surface area contributed by atoms with Gasteiger partial charge in [0.1, 0.15) is 0 Å². The topological polar surface area (TPSA) is 26.0 Å². The van der Waals surface area contributed by atoms with Crippen LogP contribution in [0.4, 0.5) is 0 Å². The van der Waals surface area contributed by atoms with Crippen molar-refractivity contribution in [2.75, 3.05) is 0 Å². The minimum Gasteiger partial charge on any atom is -0.320 e. The van der Waals surface area contributed by atoms with Crippen LogP contribution in [0.2, 0.25) is 0 Å². The van der Waals surface area contributed by atoms with Crippen molar-refractivity contribution < 1.29 is 0 Å². The molecule has 1 nitrogen and oxygen atoms in total. The van der Waals surface area contributed by atoms with Gasteiger partial charge in [0, 0.05) is 0 Å². The molecule has 0 saturated heterocycles. The first kappa shape index (κ1) is 13.8. The average Bonchev–Trinajstić information content (AvgIpc) is 2.50. The Morgan fingerprint density at radius 1 is 0.714 bits per heavy atom. The molecule has 0 aliphatic rings. The first-order valence-corrected chi connectivity index (χ1v) is 7.39. The zero-order chi connectivity index (χ0) is 15.0. The van der Waals surface area contributed by atoms with Gasteiger partial charge in [-0.15, -0.1) is 0 Å². The van der Waals surface area contributed by atoms with E-state index in [-0.39, 0.29) is 6.04 Å². The molecule has 0 heterocycles. The van der Waals surface area contributed by atoms with E-state index in [0.717, 1.165) is 0 Å². The number of aryl methyl sites for hydroxylation is 3. The lowest BCUT2D eigenvalue weighted by molar-refractivity contribution is 0.868. The van der Waals surface area contributed by atoms with E-state index in [1.54, 1.807) is 0 Å². The first-order chi connectivity index (χ1) is 10.1. The van der Waals surface area contributed by atoms with Gasteiger partial charge in [0.2, 0.25) is 0 Å². The Morgan fingerprint density at radius 3 is 2.14 bits per heavy atom. The van der Waals surface area contributed by atoms with Gasteiger partial charge in [-0.2, -0.15) is 0 Å². The lowest BCUT2D eigenvalue weighted by atomic mass is 9.90. The van der Waals surface area contributed by atoms with Crippen molar-refractivity contribution in [3.05, 3.63) is 82.4 Å². The molecule has 0 amide bonds. The smallest absolute Gasteiger partial charge is 0.0560 e. The lowest BCUT2D eigenvalue weighted by Crippen LogP contribution is -2.14. The van der Waals surface area contributed by atoms with E-state index in [1.165, 1.54) is 38.6 Å². The number of hydrogen-bond donors (Lipinski definition) is 1. The van der Waals surface area contributed by atoms with E-state index < -0.39 is 0 Å². The van der Waals surface area contributed by atoms with Gasteiger partial charge in [0.05, 0.1) is 6.04 Å². The Morgan fingerprint density at radius 2 is 1.38 bits per heavy atom. The fourth-order valence-electron chi connectivity index (χ4n) is 3.01. The molecule has 0 aromatic heterocycles. The average molecular weight is 275 g/mol. The molecule has 0 aliphatic carbocycles. The molecular formula is C20H21N. The zero-order valence-corrected chi connectivity index (χ0v) is 12.9. The molecule has 0 saturated carbocycles. The van der Waals surface area contributed by atoms with Crippen LogP contribution in [-0.2, 0) is 0 Å². The summed E-state index contributed by atoms with van der Waals surface area (Å²) in [5.74, 6) is 0. The van der Waals surface area contributed by atoms with Crippen LogP contribution < -0.4 is 5.73 Å². The summed E-state index contributed by atoms with van der Waals surface area (Å²) in [6.07, 6.45) is 0. The van der Waals surface area contributed by atoms with Crippen molar-refractivity contribution in [2.24, 2.45) is 5.73 Å². The summed E-state index contributed by atoms with van der Waals surface area (Å²) < 4.78 is 0. The molecule has 0 fully saturated rings. The molecule has 1 unspecified atom stereocenters. The monoisotopic (exact) mass is 275 g/mol. The minimum atomic E-state index is -0.0876. The highest BCUT2D eigenvalue weighted by atomic mass is 14.6. The normalized spacial score (nSPS) is 12.6. The van der Waals surface area contributed by atoms with E-state index in [1.807, 2.05) is 0 Å². The van der Waals surface area contributed by atoms with Crippen molar-refractivity contribution in [1.29, 1.82) is 0 Å². The van der Waals surface area contributed by atoms with Gasteiger partial charge >= 0.3 is 0 Å². The van der Waals surface area contributed by atoms with Gasteiger partial charge in [-0.1, -0.05) is 60.2 Å². The van der Waals surface area contributed by atoms with Crippen molar-refractivity contribution in [3.63, 3.8) is 0 Å². The van der Waals surface area contributed by atoms with Crippen molar-refractivity contribution in [1.82, 2.24) is 0 Å². The molecule has 2 N–H and O–H groups in total. The molecular weight excluding hydrogens is 254 g/mol. The molecule has 0 radical (unpaired) electrons. The second kappa shape index (κ2) is 5.34. The number of fused-ring (bicyclic) bond motifs is 1. The van der Waals surface area contributed by atoms with Gasteiger partial charge < -0.3 is 5.73 Å². The predicted octanol–water partition coefficient (Wildman–Crippen LogP) is 4.81. The number of nitrogens with two attached hydrogens (primary N) is 1. The molecule has 0 bridgehead atoms. The third-order valence-electron chi connectivity index (χ3n) is 4.28. The number of rotatable bonds is 2. The van der Waals surface area contributed by atoms with E-state index in [2.05, 4.69) is 75.4 Å². The van der Waals surface area contributed by atoms with Gasteiger partial charge in [-0.25, -0.2) is 0 Å². The Kier molecular flexibility index (Phi) is 3.52. The molecule has 3 rings (SSSR count). The fourth-order valence-corrected chi connectivity index (χ4v) is 3.01. The van der Waals surface area contributed by atoms with Crippen LogP contribution in [0.1, 0.15) is 33.9 Å². The summed E-state index contributed by atoms with van der Waals surface area (Å²) in [6, 6.07) is 19.3. The Balaban J connectivity index is 2.20.